The number of nitrogens with one attached hydrogen (secondary N) is 1. The maximum atomic E-state index is 11.8. The minimum Gasteiger partial charge on any atom is -0.491 e. The second kappa shape index (κ2) is 8.31. The van der Waals surface area contributed by atoms with Crippen molar-refractivity contribution < 1.29 is 14.3 Å². The number of hydrogen-bond donors (Lipinski definition) is 1. The van der Waals surface area contributed by atoms with Gasteiger partial charge in [0.05, 0.1) is 6.61 Å². The minimum atomic E-state index is -0.0328. The Kier molecular flexibility index (Phi) is 5.88. The van der Waals surface area contributed by atoms with Crippen LogP contribution in [0, 0.1) is 5.92 Å². The van der Waals surface area contributed by atoms with Crippen molar-refractivity contribution in [2.24, 2.45) is 5.92 Å². The van der Waals surface area contributed by atoms with Gasteiger partial charge in [-0.05, 0) is 43.9 Å². The number of ether oxygens (including phenoxy) is 2. The number of amides is 1. The Labute approximate surface area is 137 Å². The van der Waals surface area contributed by atoms with Crippen LogP contribution in [0.25, 0.3) is 0 Å². The standard InChI is InChI=1S/C18H26N2O3/c21-18(14-22-10-11-23-17-4-2-1-3-5-17)19-12-15-8-9-20(13-15)16-6-7-16/h1-5,15-16H,6-14H2,(H,19,21)/t15-/m1/s1. The van der Waals surface area contributed by atoms with E-state index < -0.39 is 0 Å². The number of benzene rings is 1. The highest BCUT2D eigenvalue weighted by Crippen LogP contribution is 2.31. The highest BCUT2D eigenvalue weighted by atomic mass is 16.5. The van der Waals surface area contributed by atoms with Crippen LogP contribution in [0.5, 0.6) is 5.75 Å². The summed E-state index contributed by atoms with van der Waals surface area (Å²) in [4.78, 5) is 14.3. The van der Waals surface area contributed by atoms with E-state index in [1.165, 1.54) is 25.8 Å². The van der Waals surface area contributed by atoms with E-state index in [1.807, 2.05) is 30.3 Å². The summed E-state index contributed by atoms with van der Waals surface area (Å²) in [6.07, 6.45) is 3.92. The number of likely N-dealkylation sites (tertiary alicyclic amines) is 1. The number of carbonyl (C=O) groups is 1. The molecule has 0 unspecified atom stereocenters. The fraction of sp³-hybridized carbons (Fsp3) is 0.611. The number of rotatable bonds is 9. The Morgan fingerprint density at radius 3 is 2.78 bits per heavy atom. The first-order chi connectivity index (χ1) is 11.3. The Balaban J connectivity index is 1.20. The molecule has 2 fully saturated rings. The summed E-state index contributed by atoms with van der Waals surface area (Å²) in [6.45, 7) is 4.08. The Hall–Kier alpha value is -1.59. The summed E-state index contributed by atoms with van der Waals surface area (Å²) in [7, 11) is 0. The number of nitrogens with zero attached hydrogens (tertiary/aromatic N) is 1. The van der Waals surface area contributed by atoms with Crippen molar-refractivity contribution in [3.05, 3.63) is 30.3 Å². The first-order valence-electron chi connectivity index (χ1n) is 8.57. The molecule has 1 saturated heterocycles. The molecule has 0 radical (unpaired) electrons. The summed E-state index contributed by atoms with van der Waals surface area (Å²) in [5.74, 6) is 1.39. The first kappa shape index (κ1) is 16.3. The van der Waals surface area contributed by atoms with Crippen molar-refractivity contribution in [1.82, 2.24) is 10.2 Å². The minimum absolute atomic E-state index is 0.0328. The van der Waals surface area contributed by atoms with Crippen molar-refractivity contribution in [2.75, 3.05) is 39.5 Å². The zero-order valence-electron chi connectivity index (χ0n) is 13.6. The molecule has 0 aromatic heterocycles. The van der Waals surface area contributed by atoms with E-state index in [1.54, 1.807) is 0 Å². The van der Waals surface area contributed by atoms with E-state index in [0.29, 0.717) is 19.1 Å². The molecular formula is C18H26N2O3. The largest absolute Gasteiger partial charge is 0.491 e. The lowest BCUT2D eigenvalue weighted by molar-refractivity contribution is -0.126. The zero-order valence-corrected chi connectivity index (χ0v) is 13.6. The molecule has 126 valence electrons. The lowest BCUT2D eigenvalue weighted by Gasteiger charge is -2.15. The third-order valence-corrected chi connectivity index (χ3v) is 4.44. The van der Waals surface area contributed by atoms with Gasteiger partial charge in [-0.1, -0.05) is 18.2 Å². The molecule has 2 aliphatic rings. The molecule has 1 aromatic rings. The van der Waals surface area contributed by atoms with Crippen LogP contribution in [0.4, 0.5) is 0 Å². The average molecular weight is 318 g/mol. The monoisotopic (exact) mass is 318 g/mol. The quantitative estimate of drug-likeness (QED) is 0.704. The molecule has 1 aliphatic heterocycles. The Morgan fingerprint density at radius 2 is 2.00 bits per heavy atom. The summed E-state index contributed by atoms with van der Waals surface area (Å²) < 4.78 is 10.9. The van der Waals surface area contributed by atoms with Crippen LogP contribution in [0.1, 0.15) is 19.3 Å². The van der Waals surface area contributed by atoms with Crippen LogP contribution in [0.3, 0.4) is 0 Å². The zero-order chi connectivity index (χ0) is 15.9. The van der Waals surface area contributed by atoms with E-state index in [9.17, 15) is 4.79 Å². The fourth-order valence-electron chi connectivity index (χ4n) is 3.01. The van der Waals surface area contributed by atoms with Gasteiger partial charge < -0.3 is 19.7 Å². The summed E-state index contributed by atoms with van der Waals surface area (Å²) in [6, 6.07) is 10.4. The first-order valence-corrected chi connectivity index (χ1v) is 8.57. The van der Waals surface area contributed by atoms with Gasteiger partial charge in [-0.2, -0.15) is 0 Å². The molecule has 1 aliphatic carbocycles. The second-order valence-corrected chi connectivity index (χ2v) is 6.40. The molecule has 1 atom stereocenters. The van der Waals surface area contributed by atoms with Gasteiger partial charge in [0.2, 0.25) is 5.91 Å². The number of para-hydroxylation sites is 1. The Morgan fingerprint density at radius 1 is 1.17 bits per heavy atom. The smallest absolute Gasteiger partial charge is 0.246 e. The predicted octanol–water partition coefficient (Wildman–Crippen LogP) is 1.68. The van der Waals surface area contributed by atoms with Crippen LogP contribution in [0.15, 0.2) is 30.3 Å². The van der Waals surface area contributed by atoms with Gasteiger partial charge >= 0.3 is 0 Å². The third kappa shape index (κ3) is 5.52. The van der Waals surface area contributed by atoms with E-state index in [-0.39, 0.29) is 12.5 Å². The van der Waals surface area contributed by atoms with E-state index >= 15 is 0 Å². The van der Waals surface area contributed by atoms with Crippen LogP contribution >= 0.6 is 0 Å². The van der Waals surface area contributed by atoms with Crippen LogP contribution in [0.2, 0.25) is 0 Å². The topological polar surface area (TPSA) is 50.8 Å². The molecule has 23 heavy (non-hydrogen) atoms. The van der Waals surface area contributed by atoms with Gasteiger partial charge in [0, 0.05) is 19.1 Å². The van der Waals surface area contributed by atoms with Crippen molar-refractivity contribution in [3.8, 4) is 5.75 Å². The predicted molar refractivity (Wildman–Crippen MR) is 88.5 cm³/mol. The van der Waals surface area contributed by atoms with Gasteiger partial charge in [0.15, 0.2) is 0 Å². The highest BCUT2D eigenvalue weighted by molar-refractivity contribution is 5.77. The molecular weight excluding hydrogens is 292 g/mol. The van der Waals surface area contributed by atoms with Crippen molar-refractivity contribution in [2.45, 2.75) is 25.3 Å². The molecule has 1 aromatic carbocycles. The summed E-state index contributed by atoms with van der Waals surface area (Å²) in [5, 5.41) is 2.98. The highest BCUT2D eigenvalue weighted by Gasteiger charge is 2.34. The SMILES string of the molecule is O=C(COCCOc1ccccc1)NC[C@H]1CCN(C2CC2)C1. The van der Waals surface area contributed by atoms with Gasteiger partial charge in [0.1, 0.15) is 19.0 Å². The molecule has 1 saturated carbocycles. The fourth-order valence-corrected chi connectivity index (χ4v) is 3.01. The average Bonchev–Trinajstić information content (AvgIpc) is 3.32. The molecule has 1 amide bonds. The molecule has 0 spiro atoms. The van der Waals surface area contributed by atoms with Gasteiger partial charge in [0.25, 0.3) is 0 Å². The molecule has 5 nitrogen and oxygen atoms in total. The van der Waals surface area contributed by atoms with Crippen LogP contribution in [-0.4, -0.2) is 56.3 Å². The van der Waals surface area contributed by atoms with Crippen molar-refractivity contribution >= 4 is 5.91 Å². The van der Waals surface area contributed by atoms with Crippen molar-refractivity contribution in [1.29, 1.82) is 0 Å². The number of hydrogen-bond acceptors (Lipinski definition) is 4. The van der Waals surface area contributed by atoms with E-state index in [2.05, 4.69) is 10.2 Å². The van der Waals surface area contributed by atoms with Gasteiger partial charge in [-0.25, -0.2) is 0 Å². The normalized spacial score (nSPS) is 21.3. The third-order valence-electron chi connectivity index (χ3n) is 4.44. The molecule has 1 N–H and O–H groups in total. The lowest BCUT2D eigenvalue weighted by atomic mass is 10.1. The van der Waals surface area contributed by atoms with Crippen LogP contribution in [-0.2, 0) is 9.53 Å². The molecule has 1 heterocycles. The Bertz CT molecular complexity index is 490. The van der Waals surface area contributed by atoms with E-state index in [0.717, 1.165) is 24.9 Å². The number of carbonyl (C=O) groups excluding carboxylic acids is 1. The lowest BCUT2D eigenvalue weighted by Crippen LogP contribution is -2.34. The molecule has 5 heteroatoms. The maximum Gasteiger partial charge on any atom is 0.246 e. The summed E-state index contributed by atoms with van der Waals surface area (Å²) >= 11 is 0. The molecule has 3 rings (SSSR count). The van der Waals surface area contributed by atoms with Gasteiger partial charge in [-0.15, -0.1) is 0 Å². The summed E-state index contributed by atoms with van der Waals surface area (Å²) in [5.41, 5.74) is 0. The maximum absolute atomic E-state index is 11.8. The second-order valence-electron chi connectivity index (χ2n) is 6.40. The van der Waals surface area contributed by atoms with Crippen molar-refractivity contribution in [3.63, 3.8) is 0 Å². The molecule has 0 bridgehead atoms. The van der Waals surface area contributed by atoms with Crippen LogP contribution < -0.4 is 10.1 Å². The van der Waals surface area contributed by atoms with Gasteiger partial charge in [-0.3, -0.25) is 4.79 Å². The van der Waals surface area contributed by atoms with E-state index in [4.69, 9.17) is 9.47 Å².